The van der Waals surface area contributed by atoms with Gasteiger partial charge in [0, 0.05) is 23.2 Å². The van der Waals surface area contributed by atoms with Gasteiger partial charge in [0.25, 0.3) is 0 Å². The van der Waals surface area contributed by atoms with E-state index in [9.17, 15) is 4.39 Å². The second kappa shape index (κ2) is 6.32. The number of aromatic nitrogens is 4. The van der Waals surface area contributed by atoms with Gasteiger partial charge in [-0.25, -0.2) is 14.4 Å². The second-order valence-electron chi connectivity index (χ2n) is 6.03. The number of nitrogens with zero attached hydrogens (tertiary/aromatic N) is 4. The maximum atomic E-state index is 14.1. The lowest BCUT2D eigenvalue weighted by Crippen LogP contribution is -2.01. The maximum absolute atomic E-state index is 14.1. The Morgan fingerprint density at radius 2 is 2.08 bits per heavy atom. The average molecular weight is 334 g/mol. The van der Waals surface area contributed by atoms with E-state index in [2.05, 4.69) is 31.6 Å². The number of nitriles is 1. The highest BCUT2D eigenvalue weighted by molar-refractivity contribution is 5.60. The summed E-state index contributed by atoms with van der Waals surface area (Å²) in [6.07, 6.45) is 3.81. The van der Waals surface area contributed by atoms with Crippen molar-refractivity contribution in [2.45, 2.75) is 25.2 Å². The molecule has 2 heterocycles. The van der Waals surface area contributed by atoms with Crippen LogP contribution in [-0.4, -0.2) is 20.2 Å². The second-order valence-corrected chi connectivity index (χ2v) is 6.03. The largest absolute Gasteiger partial charge is 0.321 e. The molecule has 25 heavy (non-hydrogen) atoms. The lowest BCUT2D eigenvalue weighted by molar-refractivity contribution is 0.619. The molecule has 7 heteroatoms. The zero-order valence-corrected chi connectivity index (χ0v) is 13.3. The third kappa shape index (κ3) is 3.33. The van der Waals surface area contributed by atoms with Crippen molar-refractivity contribution in [1.82, 2.24) is 20.2 Å². The summed E-state index contributed by atoms with van der Waals surface area (Å²) in [6, 6.07) is 11.3. The first-order chi connectivity index (χ1) is 12.2. The van der Waals surface area contributed by atoms with Crippen LogP contribution in [0.25, 0.3) is 11.4 Å². The van der Waals surface area contributed by atoms with E-state index in [-0.39, 0.29) is 5.82 Å². The summed E-state index contributed by atoms with van der Waals surface area (Å²) in [5.41, 5.74) is 2.73. The lowest BCUT2D eigenvalue weighted by atomic mass is 10.1. The number of aromatic amines is 1. The fourth-order valence-electron chi connectivity index (χ4n) is 2.58. The van der Waals surface area contributed by atoms with Crippen LogP contribution in [0.3, 0.4) is 0 Å². The smallest absolute Gasteiger partial charge is 0.184 e. The van der Waals surface area contributed by atoms with Gasteiger partial charge in [-0.1, -0.05) is 24.3 Å². The summed E-state index contributed by atoms with van der Waals surface area (Å²) in [5.74, 6) is 1.03. The van der Waals surface area contributed by atoms with Gasteiger partial charge in [-0.15, -0.1) is 0 Å². The first-order valence-electron chi connectivity index (χ1n) is 8.04. The Kier molecular flexibility index (Phi) is 3.86. The highest BCUT2D eigenvalue weighted by atomic mass is 19.1. The van der Waals surface area contributed by atoms with Crippen LogP contribution in [0.2, 0.25) is 0 Å². The SMILES string of the molecule is N#CCc1ccc(-c2ncc(F)c(Nc3cc(C4CC4)[nH]n3)n2)cc1. The molecule has 6 nitrogen and oxygen atoms in total. The minimum atomic E-state index is -0.541. The van der Waals surface area contributed by atoms with Gasteiger partial charge in [0.15, 0.2) is 23.3 Å². The summed E-state index contributed by atoms with van der Waals surface area (Å²) in [6.45, 7) is 0. The monoisotopic (exact) mass is 334 g/mol. The number of nitrogens with one attached hydrogen (secondary N) is 2. The fraction of sp³-hybridized carbons (Fsp3) is 0.222. The number of anilines is 2. The number of halogens is 1. The van der Waals surface area contributed by atoms with Crippen LogP contribution in [0.4, 0.5) is 16.0 Å². The molecule has 0 amide bonds. The summed E-state index contributed by atoms with van der Waals surface area (Å²) < 4.78 is 14.1. The van der Waals surface area contributed by atoms with Gasteiger partial charge in [-0.3, -0.25) is 5.10 Å². The molecule has 1 saturated carbocycles. The molecule has 1 fully saturated rings. The Hall–Kier alpha value is -3.27. The van der Waals surface area contributed by atoms with E-state index in [4.69, 9.17) is 5.26 Å². The van der Waals surface area contributed by atoms with Crippen LogP contribution in [0.1, 0.15) is 30.0 Å². The molecular weight excluding hydrogens is 319 g/mol. The number of rotatable bonds is 5. The van der Waals surface area contributed by atoms with Crippen LogP contribution in [0.5, 0.6) is 0 Å². The molecule has 1 aliphatic rings. The van der Waals surface area contributed by atoms with Crippen LogP contribution < -0.4 is 5.32 Å². The molecule has 124 valence electrons. The van der Waals surface area contributed by atoms with E-state index in [1.54, 1.807) is 0 Å². The van der Waals surface area contributed by atoms with Crippen LogP contribution >= 0.6 is 0 Å². The van der Waals surface area contributed by atoms with E-state index in [0.717, 1.165) is 35.9 Å². The van der Waals surface area contributed by atoms with Gasteiger partial charge in [0.05, 0.1) is 18.7 Å². The molecule has 0 aliphatic heterocycles. The summed E-state index contributed by atoms with van der Waals surface area (Å²) in [4.78, 5) is 8.32. The predicted octanol–water partition coefficient (Wildman–Crippen LogP) is 3.69. The molecule has 0 atom stereocenters. The molecule has 1 aliphatic carbocycles. The highest BCUT2D eigenvalue weighted by Crippen LogP contribution is 2.39. The van der Waals surface area contributed by atoms with Crippen molar-refractivity contribution >= 4 is 11.6 Å². The van der Waals surface area contributed by atoms with Gasteiger partial charge < -0.3 is 5.32 Å². The van der Waals surface area contributed by atoms with Crippen LogP contribution in [-0.2, 0) is 6.42 Å². The Morgan fingerprint density at radius 1 is 1.28 bits per heavy atom. The quantitative estimate of drug-likeness (QED) is 0.742. The van der Waals surface area contributed by atoms with Crippen molar-refractivity contribution < 1.29 is 4.39 Å². The Bertz CT molecular complexity index is 937. The van der Waals surface area contributed by atoms with E-state index in [0.29, 0.717) is 24.0 Å². The molecule has 0 spiro atoms. The molecule has 0 bridgehead atoms. The first kappa shape index (κ1) is 15.3. The third-order valence-electron chi connectivity index (χ3n) is 4.10. The van der Waals surface area contributed by atoms with E-state index in [1.165, 1.54) is 0 Å². The molecule has 4 rings (SSSR count). The van der Waals surface area contributed by atoms with Gasteiger partial charge in [-0.2, -0.15) is 10.4 Å². The standard InChI is InChI=1S/C18H15FN6/c19-14-10-21-17(13-3-1-11(2-4-13)7-8-20)23-18(14)22-16-9-15(24-25-16)12-5-6-12/h1-4,9-10,12H,5-7H2,(H2,21,22,23,24,25). The normalized spacial score (nSPS) is 13.4. The maximum Gasteiger partial charge on any atom is 0.184 e. The zero-order valence-electron chi connectivity index (χ0n) is 13.3. The van der Waals surface area contributed by atoms with Crippen molar-refractivity contribution in [3.8, 4) is 17.5 Å². The topological polar surface area (TPSA) is 90.3 Å². The molecule has 0 radical (unpaired) electrons. The van der Waals surface area contributed by atoms with Gasteiger partial charge in [0.2, 0.25) is 0 Å². The molecule has 0 saturated heterocycles. The van der Waals surface area contributed by atoms with Gasteiger partial charge in [-0.05, 0) is 18.4 Å². The summed E-state index contributed by atoms with van der Waals surface area (Å²) >= 11 is 0. The lowest BCUT2D eigenvalue weighted by Gasteiger charge is -2.06. The number of hydrogen-bond acceptors (Lipinski definition) is 5. The van der Waals surface area contributed by atoms with Crippen molar-refractivity contribution in [3.05, 3.63) is 53.6 Å². The molecule has 3 aromatic rings. The summed E-state index contributed by atoms with van der Waals surface area (Å²) in [5, 5.41) is 18.7. The molecule has 0 unspecified atom stereocenters. The Balaban J connectivity index is 1.58. The van der Waals surface area contributed by atoms with Gasteiger partial charge >= 0.3 is 0 Å². The van der Waals surface area contributed by atoms with Crippen molar-refractivity contribution in [2.75, 3.05) is 5.32 Å². The minimum Gasteiger partial charge on any atom is -0.321 e. The third-order valence-corrected chi connectivity index (χ3v) is 4.10. The van der Waals surface area contributed by atoms with Crippen molar-refractivity contribution in [3.63, 3.8) is 0 Å². The molecule has 1 aromatic carbocycles. The minimum absolute atomic E-state index is 0.0833. The predicted molar refractivity (Wildman–Crippen MR) is 90.6 cm³/mol. The average Bonchev–Trinajstić information content (AvgIpc) is 3.37. The number of H-pyrrole nitrogens is 1. The van der Waals surface area contributed by atoms with Crippen LogP contribution in [0, 0.1) is 17.1 Å². The fourth-order valence-corrected chi connectivity index (χ4v) is 2.58. The van der Waals surface area contributed by atoms with E-state index >= 15 is 0 Å². The highest BCUT2D eigenvalue weighted by Gasteiger charge is 2.25. The number of hydrogen-bond donors (Lipinski definition) is 2. The van der Waals surface area contributed by atoms with Crippen LogP contribution in [0.15, 0.2) is 36.5 Å². The Labute approximate surface area is 143 Å². The van der Waals surface area contributed by atoms with Gasteiger partial charge in [0.1, 0.15) is 0 Å². The number of benzene rings is 1. The molecule has 2 N–H and O–H groups in total. The van der Waals surface area contributed by atoms with Crippen molar-refractivity contribution in [2.24, 2.45) is 0 Å². The van der Waals surface area contributed by atoms with E-state index in [1.807, 2.05) is 30.3 Å². The Morgan fingerprint density at radius 3 is 2.80 bits per heavy atom. The summed E-state index contributed by atoms with van der Waals surface area (Å²) in [7, 11) is 0. The van der Waals surface area contributed by atoms with Crippen molar-refractivity contribution in [1.29, 1.82) is 5.26 Å². The first-order valence-corrected chi connectivity index (χ1v) is 8.04. The van der Waals surface area contributed by atoms with E-state index < -0.39 is 5.82 Å². The zero-order chi connectivity index (χ0) is 17.2. The molecular formula is C18H15FN6. The molecule has 2 aromatic heterocycles.